The fourth-order valence-electron chi connectivity index (χ4n) is 14.8. The van der Waals surface area contributed by atoms with Crippen molar-refractivity contribution < 1.29 is 58.6 Å². The summed E-state index contributed by atoms with van der Waals surface area (Å²) in [6.07, 6.45) is 6.48. The largest absolute Gasteiger partial charge is 0.464 e. The number of aliphatic hydroxyl groups is 4. The number of unbranched alkanes of at least 4 members (excludes halogenated alkanes) is 1. The molecular formula is C59H83N5O12. The van der Waals surface area contributed by atoms with Crippen LogP contribution in [0.5, 0.6) is 0 Å². The predicted octanol–water partition coefficient (Wildman–Crippen LogP) is 4.87. The highest BCUT2D eigenvalue weighted by molar-refractivity contribution is 5.92. The van der Waals surface area contributed by atoms with Crippen LogP contribution in [0.15, 0.2) is 48.6 Å². The maximum atomic E-state index is 14.9. The normalized spacial score (nSPS) is 31.7. The molecule has 17 heteroatoms. The van der Waals surface area contributed by atoms with Crippen LogP contribution in [-0.4, -0.2) is 173 Å². The molecule has 6 heterocycles. The number of fused-ring (bicyclic) bond motifs is 6. The third-order valence-electron chi connectivity index (χ3n) is 18.5. The molecule has 3 aromatic rings. The number of aryl methyl sites for hydroxylation is 1. The highest BCUT2D eigenvalue weighted by Gasteiger charge is 2.74. The number of piperidine rings is 1. The van der Waals surface area contributed by atoms with E-state index in [1.807, 2.05) is 20.0 Å². The van der Waals surface area contributed by atoms with Crippen LogP contribution in [0.1, 0.15) is 126 Å². The summed E-state index contributed by atoms with van der Waals surface area (Å²) in [6.45, 7) is 13.6. The number of para-hydroxylation sites is 1. The minimum Gasteiger partial charge on any atom is -0.464 e. The van der Waals surface area contributed by atoms with Gasteiger partial charge in [-0.2, -0.15) is 0 Å². The van der Waals surface area contributed by atoms with Crippen LogP contribution in [0.4, 0.5) is 5.69 Å². The van der Waals surface area contributed by atoms with Crippen molar-refractivity contribution in [2.75, 3.05) is 71.6 Å². The number of H-pyrrole nitrogens is 1. The van der Waals surface area contributed by atoms with E-state index in [1.54, 1.807) is 0 Å². The highest BCUT2D eigenvalue weighted by atomic mass is 16.7. The fraction of sp³-hybridized carbons (Fsp3) is 0.661. The van der Waals surface area contributed by atoms with Crippen LogP contribution in [0, 0.1) is 18.8 Å². The average Bonchev–Trinajstić information content (AvgIpc) is 4.28. The Morgan fingerprint density at radius 1 is 0.987 bits per heavy atom. The summed E-state index contributed by atoms with van der Waals surface area (Å²) in [5.41, 5.74) is 3.95. The van der Waals surface area contributed by atoms with Gasteiger partial charge in [-0.25, -0.2) is 4.79 Å². The molecule has 0 radical (unpaired) electrons. The van der Waals surface area contributed by atoms with Crippen LogP contribution in [0.3, 0.4) is 0 Å². The number of aromatic amines is 1. The maximum Gasteiger partial charge on any atom is 0.328 e. The van der Waals surface area contributed by atoms with E-state index < -0.39 is 82.2 Å². The molecule has 9 unspecified atom stereocenters. The van der Waals surface area contributed by atoms with Crippen LogP contribution < -0.4 is 10.2 Å². The first-order valence-electron chi connectivity index (χ1n) is 28.0. The Hall–Kier alpha value is -4.72. The lowest BCUT2D eigenvalue weighted by molar-refractivity contribution is -0.194. The first kappa shape index (κ1) is 56.0. The number of nitrogens with zero attached hydrogens (tertiary/aromatic N) is 3. The van der Waals surface area contributed by atoms with Gasteiger partial charge in [-0.05, 0) is 125 Å². The van der Waals surface area contributed by atoms with E-state index >= 15 is 0 Å². The van der Waals surface area contributed by atoms with E-state index in [4.69, 9.17) is 18.9 Å². The molecule has 2 saturated heterocycles. The molecule has 1 saturated carbocycles. The summed E-state index contributed by atoms with van der Waals surface area (Å²) in [6, 6.07) is 11.4. The van der Waals surface area contributed by atoms with Crippen LogP contribution in [-0.2, 0) is 55.4 Å². The number of benzene rings is 2. The van der Waals surface area contributed by atoms with E-state index in [0.29, 0.717) is 38.6 Å². The Bertz CT molecular complexity index is 2650. The Morgan fingerprint density at radius 2 is 1.78 bits per heavy atom. The second-order valence-electron chi connectivity index (χ2n) is 23.3. The number of likely N-dealkylation sites (N-methyl/N-ethyl adjacent to an activating group) is 1. The number of carbonyl (C=O) groups is 4. The summed E-state index contributed by atoms with van der Waals surface area (Å²) in [5, 5.41) is 51.0. The number of nitrogens with one attached hydrogen (secondary N) is 2. The molecule has 1 spiro atoms. The molecule has 6 N–H and O–H groups in total. The molecule has 6 aliphatic rings. The van der Waals surface area contributed by atoms with Gasteiger partial charge in [0.15, 0.2) is 17.7 Å². The number of carbonyl (C=O) groups excluding carboxylic acids is 4. The number of ketones is 1. The second-order valence-corrected chi connectivity index (χ2v) is 23.3. The second kappa shape index (κ2) is 22.6. The number of rotatable bonds is 21. The molecule has 416 valence electrons. The van der Waals surface area contributed by atoms with E-state index in [9.17, 15) is 39.6 Å². The van der Waals surface area contributed by atoms with Crippen molar-refractivity contribution in [1.29, 1.82) is 0 Å². The van der Waals surface area contributed by atoms with Crippen LogP contribution in [0.2, 0.25) is 0 Å². The average molecular weight is 1050 g/mol. The van der Waals surface area contributed by atoms with Gasteiger partial charge >= 0.3 is 11.9 Å². The molecule has 1 aromatic heterocycles. The number of Topliss-reactive ketones (excluding diaryl/α,β-unsaturated/α-hetero) is 1. The van der Waals surface area contributed by atoms with Gasteiger partial charge in [0, 0.05) is 105 Å². The molecule has 2 bridgehead atoms. The molecule has 5 aliphatic heterocycles. The number of amides is 1. The number of ether oxygens (including phenoxy) is 4. The van der Waals surface area contributed by atoms with Gasteiger partial charge in [0.2, 0.25) is 5.91 Å². The zero-order valence-electron chi connectivity index (χ0n) is 45.8. The predicted molar refractivity (Wildman–Crippen MR) is 287 cm³/mol. The van der Waals surface area contributed by atoms with Crippen LogP contribution >= 0.6 is 0 Å². The van der Waals surface area contributed by atoms with Crippen molar-refractivity contribution in [3.8, 4) is 0 Å². The molecule has 9 rings (SSSR count). The van der Waals surface area contributed by atoms with Gasteiger partial charge < -0.3 is 54.6 Å². The summed E-state index contributed by atoms with van der Waals surface area (Å²) in [7, 11) is 3.38. The molecular weight excluding hydrogens is 971 g/mol. The Balaban J connectivity index is 0.888. The monoisotopic (exact) mass is 1050 g/mol. The van der Waals surface area contributed by atoms with Gasteiger partial charge in [0.05, 0.1) is 37.1 Å². The van der Waals surface area contributed by atoms with Crippen LogP contribution in [0.25, 0.3) is 10.9 Å². The molecule has 1 aliphatic carbocycles. The summed E-state index contributed by atoms with van der Waals surface area (Å²) >= 11 is 0. The summed E-state index contributed by atoms with van der Waals surface area (Å²) < 4.78 is 21.5. The van der Waals surface area contributed by atoms with Gasteiger partial charge in [0.1, 0.15) is 12.6 Å². The zero-order valence-corrected chi connectivity index (χ0v) is 45.8. The van der Waals surface area contributed by atoms with E-state index in [-0.39, 0.29) is 57.5 Å². The first-order valence-corrected chi connectivity index (χ1v) is 28.0. The SMILES string of the molecule is CCC(CO)OC(COC(=O)CCCC(=O)NC(C)C(=O)OCCCCC(=O)[C@]1(O)C2N(C)c3cc(C)c([C@@]4(C)CC5CN(CCc6c4[nH]c4ccccc64)CC(O)(CC)C5)cc3[C@@]23CCN2CC=CC(C23)[C@H]1O)OC. The van der Waals surface area contributed by atoms with Gasteiger partial charge in [-0.15, -0.1) is 0 Å². The Kier molecular flexibility index (Phi) is 16.6. The van der Waals surface area contributed by atoms with E-state index in [1.165, 1.54) is 36.2 Å². The highest BCUT2D eigenvalue weighted by Crippen LogP contribution is 2.63. The quantitative estimate of drug-likeness (QED) is 0.0363. The number of hydrogen-bond donors (Lipinski definition) is 6. The Labute approximate surface area is 447 Å². The third-order valence-corrected chi connectivity index (χ3v) is 18.5. The molecule has 3 fully saturated rings. The minimum atomic E-state index is -2.13. The van der Waals surface area contributed by atoms with Crippen molar-refractivity contribution in [3.63, 3.8) is 0 Å². The number of aromatic nitrogens is 1. The lowest BCUT2D eigenvalue weighted by atomic mass is 9.53. The number of anilines is 1. The smallest absolute Gasteiger partial charge is 0.328 e. The summed E-state index contributed by atoms with van der Waals surface area (Å²) in [5.74, 6) is -2.33. The fourth-order valence-corrected chi connectivity index (χ4v) is 14.8. The van der Waals surface area contributed by atoms with Gasteiger partial charge in [-0.1, -0.05) is 50.3 Å². The lowest BCUT2D eigenvalue weighted by Crippen LogP contribution is -2.77. The van der Waals surface area contributed by atoms with E-state index in [0.717, 1.165) is 67.8 Å². The summed E-state index contributed by atoms with van der Waals surface area (Å²) in [4.78, 5) is 63.8. The Morgan fingerprint density at radius 3 is 2.53 bits per heavy atom. The van der Waals surface area contributed by atoms with Crippen molar-refractivity contribution in [2.45, 2.75) is 170 Å². The van der Waals surface area contributed by atoms with Crippen molar-refractivity contribution in [1.82, 2.24) is 20.1 Å². The maximum absolute atomic E-state index is 14.9. The van der Waals surface area contributed by atoms with E-state index in [2.05, 4.69) is 88.2 Å². The third kappa shape index (κ3) is 10.2. The molecule has 76 heavy (non-hydrogen) atoms. The first-order chi connectivity index (χ1) is 36.3. The van der Waals surface area contributed by atoms with Crippen molar-refractivity contribution in [2.24, 2.45) is 11.8 Å². The molecule has 2 aromatic carbocycles. The molecule has 13 atom stereocenters. The standard InChI is InChI=1S/C59H83N5O12/c1-8-39(33-65)76-50(73-7)34-75-49(68)21-14-20-48(67)60-37(4)54(70)74-27-13-12-19-47(66)59(72)53(69)42-17-15-24-64-26-23-58(52(42)64)44-29-43(36(3)28-46(44)62(6)55(58)59)56(5)30-38-31-57(71,9-2)35-63(32-38)25-22-41-40-16-10-11-18-45(40)61-51(41)56/h10-11,15-18,28-29,37-39,42,50,52-53,55,61,65,69,71-72H,8-9,12-14,19-27,30-35H2,1-7H3,(H,60,67)/t37?,38?,39?,42?,50?,52?,53-,55?,56-,57?,58-,59-/m1/s1. The molecule has 1 amide bonds. The number of methoxy groups -OCH3 is 1. The van der Waals surface area contributed by atoms with Gasteiger partial charge in [0.25, 0.3) is 0 Å². The molecule has 17 nitrogen and oxygen atoms in total. The zero-order chi connectivity index (χ0) is 54.3. The lowest BCUT2D eigenvalue weighted by Gasteiger charge is -2.58. The number of hydrogen-bond acceptors (Lipinski definition) is 15. The minimum absolute atomic E-state index is 0.0146. The van der Waals surface area contributed by atoms with Gasteiger partial charge in [-0.3, -0.25) is 24.2 Å². The topological polar surface area (TPSA) is 224 Å². The number of esters is 2. The van der Waals surface area contributed by atoms with Crippen molar-refractivity contribution in [3.05, 3.63) is 76.5 Å². The van der Waals surface area contributed by atoms with Crippen molar-refractivity contribution >= 4 is 40.2 Å². The number of aliphatic hydroxyl groups excluding tert-OH is 2.